The van der Waals surface area contributed by atoms with Crippen molar-refractivity contribution in [1.82, 2.24) is 20.9 Å². The molecule has 0 fully saturated rings. The van der Waals surface area contributed by atoms with Gasteiger partial charge in [0.25, 0.3) is 23.1 Å². The van der Waals surface area contributed by atoms with Gasteiger partial charge in [0.1, 0.15) is 11.4 Å². The van der Waals surface area contributed by atoms with Crippen LogP contribution in [0.3, 0.4) is 0 Å². The molecule has 36 heavy (non-hydrogen) atoms. The Morgan fingerprint density at radius 3 is 2.47 bits per heavy atom. The van der Waals surface area contributed by atoms with Crippen LogP contribution in [-0.4, -0.2) is 38.3 Å². The number of carbonyl (C=O) groups excluding carboxylic acids is 2. The molecule has 0 aliphatic heterocycles. The number of hydrogen-bond donors (Lipinski definition) is 4. The van der Waals surface area contributed by atoms with Crippen LogP contribution in [0.5, 0.6) is 5.75 Å². The number of aromatic nitrogens is 2. The molecule has 4 aromatic rings. The molecule has 12 heteroatoms. The van der Waals surface area contributed by atoms with Crippen molar-refractivity contribution in [3.8, 4) is 5.75 Å². The Morgan fingerprint density at radius 1 is 1.06 bits per heavy atom. The van der Waals surface area contributed by atoms with Gasteiger partial charge in [-0.25, -0.2) is 10.5 Å². The van der Waals surface area contributed by atoms with Crippen LogP contribution in [-0.2, 0) is 4.79 Å². The number of amides is 2. The van der Waals surface area contributed by atoms with Crippen molar-refractivity contribution in [1.29, 1.82) is 0 Å². The van der Waals surface area contributed by atoms with E-state index in [2.05, 4.69) is 26.0 Å². The molecule has 12 nitrogen and oxygen atoms in total. The second-order valence-electron chi connectivity index (χ2n) is 7.49. The Hall–Kier alpha value is -5.39. The normalized spacial score (nSPS) is 11.8. The number of nitro groups is 1. The number of aromatic hydroxyl groups is 1. The number of hydrogen-bond acceptors (Lipinski definition) is 8. The molecule has 0 aliphatic carbocycles. The highest BCUT2D eigenvalue weighted by Gasteiger charge is 2.27. The van der Waals surface area contributed by atoms with Gasteiger partial charge in [0.05, 0.1) is 16.5 Å². The van der Waals surface area contributed by atoms with E-state index in [1.165, 1.54) is 0 Å². The molecule has 0 spiro atoms. The molecule has 0 saturated carbocycles. The number of aromatic amines is 1. The summed E-state index contributed by atoms with van der Waals surface area (Å²) >= 11 is 0. The number of hydrazone groups is 1. The quantitative estimate of drug-likeness (QED) is 0.175. The largest absolute Gasteiger partial charge is 0.507 e. The molecule has 1 heterocycles. The first-order chi connectivity index (χ1) is 17.3. The first-order valence-electron chi connectivity index (χ1n) is 10.5. The zero-order valence-corrected chi connectivity index (χ0v) is 18.4. The lowest BCUT2D eigenvalue weighted by Gasteiger charge is -2.18. The minimum Gasteiger partial charge on any atom is -0.507 e. The van der Waals surface area contributed by atoms with Crippen LogP contribution in [0.4, 0.5) is 5.69 Å². The third-order valence-electron chi connectivity index (χ3n) is 5.17. The standard InChI is InChI=1S/C24H18N6O6/c31-19-11-10-16(30(35)36)12-15(19)13-25-28-24(34)21(26-22(32)14-6-2-1-3-7-14)20-17-8-4-5-9-18(17)23(33)29-27-20/h1-13,21,31H,(H,26,32)(H,28,34)(H,29,33)/b25-13-/t21-/m0/s1. The summed E-state index contributed by atoms with van der Waals surface area (Å²) in [7, 11) is 0. The highest BCUT2D eigenvalue weighted by atomic mass is 16.6. The predicted octanol–water partition coefficient (Wildman–Crippen LogP) is 2.16. The van der Waals surface area contributed by atoms with Gasteiger partial charge in [-0.1, -0.05) is 36.4 Å². The Kier molecular flexibility index (Phi) is 6.77. The number of carbonyl (C=O) groups is 2. The minimum atomic E-state index is -1.38. The first-order valence-corrected chi connectivity index (χ1v) is 10.5. The molecule has 0 aliphatic rings. The second-order valence-corrected chi connectivity index (χ2v) is 7.49. The smallest absolute Gasteiger partial charge is 0.272 e. The van der Waals surface area contributed by atoms with Crippen molar-refractivity contribution < 1.29 is 19.6 Å². The summed E-state index contributed by atoms with van der Waals surface area (Å²) in [5, 5.41) is 34.2. The van der Waals surface area contributed by atoms with Crippen molar-refractivity contribution in [3.63, 3.8) is 0 Å². The average Bonchev–Trinajstić information content (AvgIpc) is 2.89. The summed E-state index contributed by atoms with van der Waals surface area (Å²) in [5.74, 6) is -1.68. The van der Waals surface area contributed by atoms with Crippen LogP contribution >= 0.6 is 0 Å². The molecular weight excluding hydrogens is 468 g/mol. The van der Waals surface area contributed by atoms with Gasteiger partial charge < -0.3 is 10.4 Å². The summed E-state index contributed by atoms with van der Waals surface area (Å²) in [6, 6.07) is 16.6. The van der Waals surface area contributed by atoms with Gasteiger partial charge in [0.2, 0.25) is 0 Å². The monoisotopic (exact) mass is 486 g/mol. The van der Waals surface area contributed by atoms with Crippen LogP contribution in [0.1, 0.15) is 27.7 Å². The third kappa shape index (κ3) is 5.07. The van der Waals surface area contributed by atoms with E-state index in [1.54, 1.807) is 54.6 Å². The Labute approximate surface area is 202 Å². The number of nitrogens with one attached hydrogen (secondary N) is 3. The molecule has 3 aromatic carbocycles. The Bertz CT molecular complexity index is 1550. The van der Waals surface area contributed by atoms with Crippen molar-refractivity contribution in [2.24, 2.45) is 5.10 Å². The fraction of sp³-hybridized carbons (Fsp3) is 0.0417. The lowest BCUT2D eigenvalue weighted by atomic mass is 10.0. The van der Waals surface area contributed by atoms with E-state index in [1.807, 2.05) is 0 Å². The van der Waals surface area contributed by atoms with E-state index in [4.69, 9.17) is 0 Å². The second kappa shape index (κ2) is 10.3. The maximum absolute atomic E-state index is 13.1. The van der Waals surface area contributed by atoms with E-state index < -0.39 is 28.3 Å². The SMILES string of the molecule is O=C(N[C@H](C(=O)N/N=C\c1cc([N+](=O)[O-])ccc1O)c1n[nH]c(=O)c2ccccc12)c1ccccc1. The number of non-ortho nitro benzene ring substituents is 1. The summed E-state index contributed by atoms with van der Waals surface area (Å²) in [6.07, 6.45) is 1.02. The molecule has 2 amide bonds. The highest BCUT2D eigenvalue weighted by molar-refractivity contribution is 5.99. The molecule has 180 valence electrons. The minimum absolute atomic E-state index is 0.0120. The summed E-state index contributed by atoms with van der Waals surface area (Å²) in [6.45, 7) is 0. The molecule has 1 aromatic heterocycles. The fourth-order valence-corrected chi connectivity index (χ4v) is 3.41. The third-order valence-corrected chi connectivity index (χ3v) is 5.17. The number of H-pyrrole nitrogens is 1. The van der Waals surface area contributed by atoms with Crippen molar-refractivity contribution in [2.75, 3.05) is 0 Å². The number of nitro benzene ring substituents is 1. The maximum atomic E-state index is 13.1. The van der Waals surface area contributed by atoms with Crippen LogP contribution in [0.15, 0.2) is 82.7 Å². The lowest BCUT2D eigenvalue weighted by molar-refractivity contribution is -0.384. The zero-order chi connectivity index (χ0) is 25.7. The summed E-state index contributed by atoms with van der Waals surface area (Å²) in [5.41, 5.74) is 1.84. The number of benzene rings is 3. The maximum Gasteiger partial charge on any atom is 0.272 e. The molecule has 0 radical (unpaired) electrons. The van der Waals surface area contributed by atoms with E-state index in [9.17, 15) is 29.6 Å². The summed E-state index contributed by atoms with van der Waals surface area (Å²) < 4.78 is 0. The van der Waals surface area contributed by atoms with Gasteiger partial charge in [0.15, 0.2) is 6.04 Å². The van der Waals surface area contributed by atoms with Gasteiger partial charge in [0, 0.05) is 28.6 Å². The molecule has 1 atom stereocenters. The van der Waals surface area contributed by atoms with Gasteiger partial charge in [-0.05, 0) is 24.3 Å². The molecule has 4 rings (SSSR count). The number of rotatable bonds is 7. The van der Waals surface area contributed by atoms with Gasteiger partial charge in [-0.15, -0.1) is 0 Å². The van der Waals surface area contributed by atoms with E-state index in [0.29, 0.717) is 5.39 Å². The van der Waals surface area contributed by atoms with Crippen molar-refractivity contribution >= 4 is 34.5 Å². The molecule has 0 bridgehead atoms. The molecular formula is C24H18N6O6. The van der Waals surface area contributed by atoms with E-state index >= 15 is 0 Å². The van der Waals surface area contributed by atoms with E-state index in [0.717, 1.165) is 24.4 Å². The van der Waals surface area contributed by atoms with Crippen LogP contribution in [0, 0.1) is 10.1 Å². The number of fused-ring (bicyclic) bond motifs is 1. The van der Waals surface area contributed by atoms with Crippen molar-refractivity contribution in [2.45, 2.75) is 6.04 Å². The molecule has 4 N–H and O–H groups in total. The van der Waals surface area contributed by atoms with Crippen LogP contribution in [0.25, 0.3) is 10.8 Å². The van der Waals surface area contributed by atoms with Crippen LogP contribution < -0.4 is 16.3 Å². The predicted molar refractivity (Wildman–Crippen MR) is 130 cm³/mol. The molecule has 0 unspecified atom stereocenters. The van der Waals surface area contributed by atoms with Gasteiger partial charge >= 0.3 is 0 Å². The average molecular weight is 486 g/mol. The van der Waals surface area contributed by atoms with Gasteiger partial charge in [-0.3, -0.25) is 24.5 Å². The summed E-state index contributed by atoms with van der Waals surface area (Å²) in [4.78, 5) is 48.5. The fourth-order valence-electron chi connectivity index (χ4n) is 3.41. The number of phenolic OH excluding ortho intramolecular Hbond substituents is 1. The van der Waals surface area contributed by atoms with Gasteiger partial charge in [-0.2, -0.15) is 10.2 Å². The topological polar surface area (TPSA) is 180 Å². The molecule has 0 saturated heterocycles. The number of phenols is 1. The first kappa shape index (κ1) is 23.8. The zero-order valence-electron chi connectivity index (χ0n) is 18.4. The Balaban J connectivity index is 1.67. The highest BCUT2D eigenvalue weighted by Crippen LogP contribution is 2.22. The lowest BCUT2D eigenvalue weighted by Crippen LogP contribution is -2.40. The Morgan fingerprint density at radius 2 is 1.75 bits per heavy atom. The van der Waals surface area contributed by atoms with Crippen molar-refractivity contribution in [3.05, 3.63) is 110 Å². The number of nitrogens with zero attached hydrogens (tertiary/aromatic N) is 3. The van der Waals surface area contributed by atoms with Crippen LogP contribution in [0.2, 0.25) is 0 Å². The van der Waals surface area contributed by atoms with E-state index in [-0.39, 0.29) is 33.6 Å².